The number of halogens is 1. The molecule has 0 saturated carbocycles. The second kappa shape index (κ2) is 4.08. The summed E-state index contributed by atoms with van der Waals surface area (Å²) in [5, 5.41) is 0.384. The van der Waals surface area contributed by atoms with Gasteiger partial charge in [0.2, 0.25) is 8.41 Å². The minimum atomic E-state index is -2.47. The molecule has 0 aromatic carbocycles. The van der Waals surface area contributed by atoms with Crippen LogP contribution >= 0.6 is 0 Å². The fourth-order valence-corrected chi connectivity index (χ4v) is 12.8. The number of hydrogen-bond acceptors (Lipinski definition) is 0. The van der Waals surface area contributed by atoms with Crippen LogP contribution in [0.25, 0.3) is 0 Å². The van der Waals surface area contributed by atoms with Gasteiger partial charge >= 0.3 is 0 Å². The van der Waals surface area contributed by atoms with Gasteiger partial charge in [-0.25, -0.2) is 0 Å². The van der Waals surface area contributed by atoms with E-state index in [0.29, 0.717) is 5.16 Å². The Hall–Kier alpha value is 0.364. The molecular weight excluding hydrogens is 207 g/mol. The van der Waals surface area contributed by atoms with Crippen LogP contribution in [-0.4, -0.2) is 16.5 Å². The Morgan fingerprint density at radius 3 is 1.43 bits per heavy atom. The van der Waals surface area contributed by atoms with Crippen LogP contribution in [0.3, 0.4) is 0 Å². The van der Waals surface area contributed by atoms with Crippen LogP contribution in [0.1, 0.15) is 27.2 Å². The van der Waals surface area contributed by atoms with E-state index in [9.17, 15) is 4.11 Å². The summed E-state index contributed by atoms with van der Waals surface area (Å²) in [6.07, 6.45) is 1.05. The fourth-order valence-electron chi connectivity index (χ4n) is 2.19. The summed E-state index contributed by atoms with van der Waals surface area (Å²) >= 11 is 0. The van der Waals surface area contributed by atoms with Crippen LogP contribution in [0.2, 0.25) is 37.9 Å². The Morgan fingerprint density at radius 2 is 1.36 bits per heavy atom. The van der Waals surface area contributed by atoms with Crippen molar-refractivity contribution in [1.82, 2.24) is 0 Å². The van der Waals surface area contributed by atoms with Gasteiger partial charge in [-0.05, 0) is 30.1 Å². The summed E-state index contributed by atoms with van der Waals surface area (Å²) in [7, 11) is -3.82. The molecule has 0 nitrogen and oxygen atoms in total. The zero-order chi connectivity index (χ0) is 11.8. The van der Waals surface area contributed by atoms with Gasteiger partial charge < -0.3 is 4.11 Å². The van der Waals surface area contributed by atoms with Gasteiger partial charge in [0, 0.05) is 8.07 Å². The average molecular weight is 235 g/mol. The monoisotopic (exact) mass is 234 g/mol. The van der Waals surface area contributed by atoms with E-state index in [1.807, 2.05) is 13.1 Å². The van der Waals surface area contributed by atoms with Crippen molar-refractivity contribution in [2.45, 2.75) is 65.1 Å². The summed E-state index contributed by atoms with van der Waals surface area (Å²) in [6, 6.07) is 0. The molecule has 0 amide bonds. The Labute approximate surface area is 91.5 Å². The van der Waals surface area contributed by atoms with Crippen LogP contribution < -0.4 is 0 Å². The molecule has 0 aromatic heterocycles. The molecule has 0 bridgehead atoms. The van der Waals surface area contributed by atoms with Gasteiger partial charge in [0.05, 0.1) is 0 Å². The second-order valence-electron chi connectivity index (χ2n) is 7.25. The molecule has 86 valence electrons. The smallest absolute Gasteiger partial charge is 0.241 e. The Balaban J connectivity index is 4.78. The van der Waals surface area contributed by atoms with Gasteiger partial charge in [0.15, 0.2) is 0 Å². The standard InChI is InChI=1S/C11H27FSi2/c1-11(2,3)9-10(13(4,5)6)14(7,8)12/h10H,9H2,1-8H3. The van der Waals surface area contributed by atoms with Gasteiger partial charge in [-0.2, -0.15) is 0 Å². The van der Waals surface area contributed by atoms with E-state index >= 15 is 0 Å². The third kappa shape index (κ3) is 5.30. The van der Waals surface area contributed by atoms with Crippen molar-refractivity contribution in [3.8, 4) is 0 Å². The van der Waals surface area contributed by atoms with Crippen molar-refractivity contribution >= 4 is 16.5 Å². The molecule has 0 radical (unpaired) electrons. The third-order valence-electron chi connectivity index (χ3n) is 2.69. The van der Waals surface area contributed by atoms with Crippen LogP contribution in [0, 0.1) is 5.41 Å². The molecule has 3 heteroatoms. The molecule has 0 spiro atoms. The van der Waals surface area contributed by atoms with E-state index in [-0.39, 0.29) is 5.41 Å². The van der Waals surface area contributed by atoms with Crippen LogP contribution in [-0.2, 0) is 0 Å². The highest BCUT2D eigenvalue weighted by molar-refractivity contribution is 6.94. The molecule has 0 rings (SSSR count). The predicted octanol–water partition coefficient (Wildman–Crippen LogP) is 4.84. The maximum absolute atomic E-state index is 14.3. The SMILES string of the molecule is CC(C)(C)CC([Si](C)(C)C)[Si](C)(C)F. The Morgan fingerprint density at radius 1 is 1.00 bits per heavy atom. The van der Waals surface area contributed by atoms with Gasteiger partial charge in [-0.1, -0.05) is 40.4 Å². The van der Waals surface area contributed by atoms with Crippen molar-refractivity contribution < 1.29 is 4.11 Å². The highest BCUT2D eigenvalue weighted by Gasteiger charge is 2.43. The van der Waals surface area contributed by atoms with Crippen molar-refractivity contribution in [3.63, 3.8) is 0 Å². The predicted molar refractivity (Wildman–Crippen MR) is 69.8 cm³/mol. The minimum Gasteiger partial charge on any atom is -0.314 e. The molecule has 0 aliphatic rings. The van der Waals surface area contributed by atoms with E-state index in [1.165, 1.54) is 0 Å². The first-order chi connectivity index (χ1) is 5.84. The Kier molecular flexibility index (Phi) is 4.19. The second-order valence-corrected chi connectivity index (χ2v) is 17.1. The first-order valence-corrected chi connectivity index (χ1v) is 12.1. The molecular formula is C11H27FSi2. The highest BCUT2D eigenvalue weighted by atomic mass is 28.4. The average Bonchev–Trinajstić information content (AvgIpc) is 1.75. The molecule has 0 saturated heterocycles. The fraction of sp³-hybridized carbons (Fsp3) is 1.00. The lowest BCUT2D eigenvalue weighted by Gasteiger charge is -2.39. The number of rotatable bonds is 3. The van der Waals surface area contributed by atoms with E-state index in [2.05, 4.69) is 40.4 Å². The van der Waals surface area contributed by atoms with E-state index in [0.717, 1.165) is 6.42 Å². The first-order valence-electron chi connectivity index (χ1n) is 5.53. The van der Waals surface area contributed by atoms with Crippen LogP contribution in [0.15, 0.2) is 0 Å². The summed E-state index contributed by atoms with van der Waals surface area (Å²) in [6.45, 7) is 17.3. The van der Waals surface area contributed by atoms with Gasteiger partial charge in [0.25, 0.3) is 0 Å². The topological polar surface area (TPSA) is 0 Å². The third-order valence-corrected chi connectivity index (χ3v) is 11.5. The largest absolute Gasteiger partial charge is 0.314 e. The zero-order valence-corrected chi connectivity index (χ0v) is 13.2. The lowest BCUT2D eigenvalue weighted by atomic mass is 9.93. The summed E-state index contributed by atoms with van der Waals surface area (Å²) in [5.74, 6) is 0. The minimum absolute atomic E-state index is 0.265. The van der Waals surface area contributed by atoms with Gasteiger partial charge in [-0.3, -0.25) is 0 Å². The number of hydrogen-bond donors (Lipinski definition) is 0. The summed E-state index contributed by atoms with van der Waals surface area (Å²) in [4.78, 5) is 0. The lowest BCUT2D eigenvalue weighted by Crippen LogP contribution is -2.44. The van der Waals surface area contributed by atoms with E-state index in [1.54, 1.807) is 0 Å². The molecule has 0 fully saturated rings. The van der Waals surface area contributed by atoms with Crippen molar-refractivity contribution in [3.05, 3.63) is 0 Å². The van der Waals surface area contributed by atoms with Crippen LogP contribution in [0.4, 0.5) is 4.11 Å². The Bertz CT molecular complexity index is 167. The summed E-state index contributed by atoms with van der Waals surface area (Å²) < 4.78 is 14.3. The molecule has 14 heavy (non-hydrogen) atoms. The zero-order valence-electron chi connectivity index (χ0n) is 11.2. The lowest BCUT2D eigenvalue weighted by molar-refractivity contribution is 0.379. The van der Waals surface area contributed by atoms with E-state index in [4.69, 9.17) is 0 Å². The van der Waals surface area contributed by atoms with Crippen LogP contribution in [0.5, 0.6) is 0 Å². The van der Waals surface area contributed by atoms with Crippen molar-refractivity contribution in [1.29, 1.82) is 0 Å². The van der Waals surface area contributed by atoms with E-state index < -0.39 is 16.5 Å². The quantitative estimate of drug-likeness (QED) is 0.484. The molecule has 1 atom stereocenters. The maximum Gasteiger partial charge on any atom is 0.241 e. The molecule has 0 aliphatic heterocycles. The van der Waals surface area contributed by atoms with Crippen molar-refractivity contribution in [2.24, 2.45) is 5.41 Å². The van der Waals surface area contributed by atoms with Gasteiger partial charge in [0.1, 0.15) is 0 Å². The van der Waals surface area contributed by atoms with Crippen molar-refractivity contribution in [2.75, 3.05) is 0 Å². The molecule has 0 aliphatic carbocycles. The maximum atomic E-state index is 14.3. The molecule has 0 aromatic rings. The molecule has 0 heterocycles. The normalized spacial score (nSPS) is 16.9. The molecule has 0 N–H and O–H groups in total. The highest BCUT2D eigenvalue weighted by Crippen LogP contribution is 2.41. The van der Waals surface area contributed by atoms with Gasteiger partial charge in [-0.15, -0.1) is 0 Å². The molecule has 1 unspecified atom stereocenters. The summed E-state index contributed by atoms with van der Waals surface area (Å²) in [5.41, 5.74) is 0.265. The first kappa shape index (κ1) is 14.4.